The number of carbonyl (C=O) groups excluding carboxylic acids is 2. The molecule has 1 aromatic carbocycles. The van der Waals surface area contributed by atoms with Crippen LogP contribution >= 0.6 is 0 Å². The van der Waals surface area contributed by atoms with Crippen LogP contribution in [0, 0.1) is 0 Å². The number of nitrogens with two attached hydrogens (primary N) is 1. The first-order valence-corrected chi connectivity index (χ1v) is 8.03. The third-order valence-corrected chi connectivity index (χ3v) is 4.13. The highest BCUT2D eigenvalue weighted by Gasteiger charge is 2.36. The first-order valence-electron chi connectivity index (χ1n) is 8.03. The Morgan fingerprint density at radius 1 is 1.33 bits per heavy atom. The molecule has 4 N–H and O–H groups in total. The lowest BCUT2D eigenvalue weighted by Gasteiger charge is -2.26. The molecule has 7 nitrogen and oxygen atoms in total. The molecule has 0 aliphatic carbocycles. The largest absolute Gasteiger partial charge is 0.480 e. The van der Waals surface area contributed by atoms with E-state index in [-0.39, 0.29) is 12.3 Å². The predicted octanol–water partition coefficient (Wildman–Crippen LogP) is 0.137. The summed E-state index contributed by atoms with van der Waals surface area (Å²) in [5, 5.41) is 11.9. The molecule has 7 heteroatoms. The van der Waals surface area contributed by atoms with Crippen LogP contribution in [0.4, 0.5) is 0 Å². The van der Waals surface area contributed by atoms with Crippen LogP contribution in [0.3, 0.4) is 0 Å². The zero-order valence-corrected chi connectivity index (χ0v) is 13.6. The van der Waals surface area contributed by atoms with E-state index in [4.69, 9.17) is 5.73 Å². The molecule has 1 heterocycles. The SMILES string of the molecule is C[C@H](N)C(=O)N1CCC[C@H]1C(=O)N[C@H](Cc1ccccc1)C(=O)O. The van der Waals surface area contributed by atoms with Gasteiger partial charge in [0, 0.05) is 13.0 Å². The molecule has 1 aliphatic heterocycles. The maximum absolute atomic E-state index is 12.5. The monoisotopic (exact) mass is 333 g/mol. The number of hydrogen-bond acceptors (Lipinski definition) is 4. The van der Waals surface area contributed by atoms with Crippen LogP contribution in [-0.2, 0) is 20.8 Å². The molecule has 2 rings (SSSR count). The Hall–Kier alpha value is -2.41. The topological polar surface area (TPSA) is 113 Å². The summed E-state index contributed by atoms with van der Waals surface area (Å²) in [5.74, 6) is -1.83. The lowest BCUT2D eigenvalue weighted by atomic mass is 10.1. The highest BCUT2D eigenvalue weighted by atomic mass is 16.4. The number of hydrogen-bond donors (Lipinski definition) is 3. The van der Waals surface area contributed by atoms with Crippen LogP contribution in [0.25, 0.3) is 0 Å². The molecular weight excluding hydrogens is 310 g/mol. The van der Waals surface area contributed by atoms with Crippen molar-refractivity contribution in [2.75, 3.05) is 6.54 Å². The molecule has 0 unspecified atom stereocenters. The number of rotatable bonds is 6. The first-order chi connectivity index (χ1) is 11.4. The van der Waals surface area contributed by atoms with Crippen molar-refractivity contribution in [2.45, 2.75) is 44.3 Å². The van der Waals surface area contributed by atoms with Gasteiger partial charge in [0.15, 0.2) is 0 Å². The highest BCUT2D eigenvalue weighted by Crippen LogP contribution is 2.18. The van der Waals surface area contributed by atoms with Crippen molar-refractivity contribution in [3.8, 4) is 0 Å². The molecule has 2 amide bonds. The van der Waals surface area contributed by atoms with Crippen LogP contribution < -0.4 is 11.1 Å². The number of carboxylic acid groups (broad SMARTS) is 1. The molecule has 0 bridgehead atoms. The smallest absolute Gasteiger partial charge is 0.326 e. The van der Waals surface area contributed by atoms with Crippen molar-refractivity contribution < 1.29 is 19.5 Å². The number of aliphatic carboxylic acids is 1. The highest BCUT2D eigenvalue weighted by molar-refractivity contribution is 5.92. The van der Waals surface area contributed by atoms with Gasteiger partial charge in [0.1, 0.15) is 12.1 Å². The van der Waals surface area contributed by atoms with Gasteiger partial charge in [0.05, 0.1) is 6.04 Å². The second kappa shape index (κ2) is 7.92. The average Bonchev–Trinajstić information content (AvgIpc) is 3.03. The minimum absolute atomic E-state index is 0.190. The van der Waals surface area contributed by atoms with E-state index in [0.717, 1.165) is 5.56 Å². The van der Waals surface area contributed by atoms with Crippen molar-refractivity contribution in [1.82, 2.24) is 10.2 Å². The Balaban J connectivity index is 2.04. The van der Waals surface area contributed by atoms with E-state index in [1.165, 1.54) is 4.90 Å². The van der Waals surface area contributed by atoms with Gasteiger partial charge >= 0.3 is 5.97 Å². The van der Waals surface area contributed by atoms with Crippen LogP contribution in [0.2, 0.25) is 0 Å². The van der Waals surface area contributed by atoms with Crippen molar-refractivity contribution in [2.24, 2.45) is 5.73 Å². The van der Waals surface area contributed by atoms with Crippen LogP contribution in [-0.4, -0.2) is 52.5 Å². The molecule has 24 heavy (non-hydrogen) atoms. The number of likely N-dealkylation sites (tertiary alicyclic amines) is 1. The summed E-state index contributed by atoms with van der Waals surface area (Å²) >= 11 is 0. The Morgan fingerprint density at radius 3 is 2.58 bits per heavy atom. The molecule has 0 aromatic heterocycles. The lowest BCUT2D eigenvalue weighted by Crippen LogP contribution is -2.53. The van der Waals surface area contributed by atoms with Crippen molar-refractivity contribution in [1.29, 1.82) is 0 Å². The van der Waals surface area contributed by atoms with Gasteiger partial charge in [-0.15, -0.1) is 0 Å². The normalized spacial score (nSPS) is 19.6. The van der Waals surface area contributed by atoms with Gasteiger partial charge in [-0.1, -0.05) is 30.3 Å². The van der Waals surface area contributed by atoms with Gasteiger partial charge < -0.3 is 21.1 Å². The number of nitrogens with zero attached hydrogens (tertiary/aromatic N) is 1. The maximum Gasteiger partial charge on any atom is 0.326 e. The van der Waals surface area contributed by atoms with E-state index in [1.807, 2.05) is 30.3 Å². The number of carbonyl (C=O) groups is 3. The summed E-state index contributed by atoms with van der Waals surface area (Å²) in [7, 11) is 0. The van der Waals surface area contributed by atoms with E-state index in [1.54, 1.807) is 6.92 Å². The summed E-state index contributed by atoms with van der Waals surface area (Å²) in [6.45, 7) is 2.04. The molecule has 130 valence electrons. The Kier molecular flexibility index (Phi) is 5.92. The van der Waals surface area contributed by atoms with E-state index < -0.39 is 30.0 Å². The number of amides is 2. The third-order valence-electron chi connectivity index (χ3n) is 4.13. The minimum atomic E-state index is -1.10. The Morgan fingerprint density at radius 2 is 2.00 bits per heavy atom. The average molecular weight is 333 g/mol. The van der Waals surface area contributed by atoms with Crippen molar-refractivity contribution in [3.63, 3.8) is 0 Å². The van der Waals surface area contributed by atoms with Gasteiger partial charge in [-0.2, -0.15) is 0 Å². The van der Waals surface area contributed by atoms with E-state index >= 15 is 0 Å². The van der Waals surface area contributed by atoms with E-state index in [0.29, 0.717) is 19.4 Å². The second-order valence-electron chi connectivity index (χ2n) is 6.07. The summed E-state index contributed by atoms with van der Waals surface area (Å²) in [6, 6.07) is 6.72. The van der Waals surface area contributed by atoms with Crippen LogP contribution in [0.1, 0.15) is 25.3 Å². The Bertz CT molecular complexity index is 603. The summed E-state index contributed by atoms with van der Waals surface area (Å²) < 4.78 is 0. The van der Waals surface area contributed by atoms with Gasteiger partial charge in [-0.3, -0.25) is 9.59 Å². The molecular formula is C17H23N3O4. The first kappa shape index (κ1) is 17.9. The molecule has 1 aromatic rings. The quantitative estimate of drug-likeness (QED) is 0.685. The lowest BCUT2D eigenvalue weighted by molar-refractivity contribution is -0.144. The number of benzene rings is 1. The second-order valence-corrected chi connectivity index (χ2v) is 6.07. The number of nitrogens with one attached hydrogen (secondary N) is 1. The molecule has 0 saturated carbocycles. The molecule has 1 fully saturated rings. The zero-order valence-electron chi connectivity index (χ0n) is 13.6. The van der Waals surface area contributed by atoms with E-state index in [2.05, 4.69) is 5.32 Å². The molecule has 1 aliphatic rings. The summed E-state index contributed by atoms with van der Waals surface area (Å²) in [4.78, 5) is 37.5. The minimum Gasteiger partial charge on any atom is -0.480 e. The van der Waals surface area contributed by atoms with Gasteiger partial charge in [-0.25, -0.2) is 4.79 Å². The van der Waals surface area contributed by atoms with Crippen molar-refractivity contribution in [3.05, 3.63) is 35.9 Å². The van der Waals surface area contributed by atoms with Gasteiger partial charge in [0.25, 0.3) is 0 Å². The van der Waals surface area contributed by atoms with Crippen LogP contribution in [0.15, 0.2) is 30.3 Å². The summed E-state index contributed by atoms with van der Waals surface area (Å²) in [5.41, 5.74) is 6.43. The van der Waals surface area contributed by atoms with Crippen LogP contribution in [0.5, 0.6) is 0 Å². The fourth-order valence-electron chi connectivity index (χ4n) is 2.88. The molecule has 0 radical (unpaired) electrons. The number of carboxylic acids is 1. The van der Waals surface area contributed by atoms with Crippen molar-refractivity contribution >= 4 is 17.8 Å². The fraction of sp³-hybridized carbons (Fsp3) is 0.471. The van der Waals surface area contributed by atoms with E-state index in [9.17, 15) is 19.5 Å². The maximum atomic E-state index is 12.5. The Labute approximate surface area is 140 Å². The van der Waals surface area contributed by atoms with Gasteiger partial charge in [0.2, 0.25) is 11.8 Å². The zero-order chi connectivity index (χ0) is 17.7. The predicted molar refractivity (Wildman–Crippen MR) is 88.1 cm³/mol. The summed E-state index contributed by atoms with van der Waals surface area (Å²) in [6.07, 6.45) is 1.41. The molecule has 1 saturated heterocycles. The fourth-order valence-corrected chi connectivity index (χ4v) is 2.88. The van der Waals surface area contributed by atoms with Gasteiger partial charge in [-0.05, 0) is 25.3 Å². The molecule has 3 atom stereocenters. The third kappa shape index (κ3) is 4.32. The molecule has 0 spiro atoms. The standard InChI is InChI=1S/C17H23N3O4/c1-11(18)16(22)20-9-5-8-14(20)15(21)19-13(17(23)24)10-12-6-3-2-4-7-12/h2-4,6-7,11,13-14H,5,8-10,18H2,1H3,(H,19,21)(H,23,24)/t11-,13+,14-/m0/s1.